The van der Waals surface area contributed by atoms with Gasteiger partial charge in [0.1, 0.15) is 5.54 Å². The van der Waals surface area contributed by atoms with Crippen molar-refractivity contribution in [2.24, 2.45) is 17.3 Å². The monoisotopic (exact) mass is 549 g/mol. The van der Waals surface area contributed by atoms with E-state index in [4.69, 9.17) is 27.9 Å². The van der Waals surface area contributed by atoms with Crippen LogP contribution in [0.25, 0.3) is 0 Å². The van der Waals surface area contributed by atoms with E-state index < -0.39 is 17.7 Å². The van der Waals surface area contributed by atoms with Gasteiger partial charge >= 0.3 is 6.09 Å². The Balaban J connectivity index is 1.51. The molecule has 1 aromatic rings. The predicted molar refractivity (Wildman–Crippen MR) is 143 cm³/mol. The molecule has 2 aliphatic heterocycles. The van der Waals surface area contributed by atoms with Crippen molar-refractivity contribution in [2.75, 3.05) is 33.3 Å². The number of nitrogens with one attached hydrogen (secondary N) is 1. The molecule has 1 aromatic carbocycles. The number of carbonyl (C=O) groups excluding carboxylic acids is 3. The third-order valence-electron chi connectivity index (χ3n) is 9.27. The molecule has 0 aromatic heterocycles. The van der Waals surface area contributed by atoms with E-state index in [9.17, 15) is 14.4 Å². The molecule has 7 nitrogen and oxygen atoms in total. The standard InChI is InChI=1S/C28H37Cl2N3O4/c1-17-12-19(17)15-37-26(36)32(3)28(16-31-14-20(28)18-7-8-21(29)22(30)13-18)25(35)33-11-5-4-6-23(33)24(34)27(2)9-10-27/h7-8,13,17,19-20,23,31H,4-6,9-12,14-16H2,1-3H3/t17?,19?,20-,23?,28+/m1/s1. The summed E-state index contributed by atoms with van der Waals surface area (Å²) >= 11 is 12.6. The molecular weight excluding hydrogens is 513 g/mol. The lowest BCUT2D eigenvalue weighted by molar-refractivity contribution is -0.152. The Morgan fingerprint density at radius 2 is 1.92 bits per heavy atom. The van der Waals surface area contributed by atoms with E-state index in [-0.39, 0.29) is 29.6 Å². The number of halogens is 2. The summed E-state index contributed by atoms with van der Waals surface area (Å²) in [6, 6.07) is 4.90. The van der Waals surface area contributed by atoms with Crippen molar-refractivity contribution < 1.29 is 19.1 Å². The van der Waals surface area contributed by atoms with Crippen LogP contribution in [0, 0.1) is 17.3 Å². The number of rotatable bonds is 7. The highest BCUT2D eigenvalue weighted by Crippen LogP contribution is 2.49. The van der Waals surface area contributed by atoms with Crippen LogP contribution in [0.15, 0.2) is 18.2 Å². The number of likely N-dealkylation sites (N-methyl/N-ethyl adjacent to an activating group) is 1. The lowest BCUT2D eigenvalue weighted by Crippen LogP contribution is -2.66. The van der Waals surface area contributed by atoms with Crippen molar-refractivity contribution in [1.29, 1.82) is 0 Å². The van der Waals surface area contributed by atoms with Crippen LogP contribution in [0.4, 0.5) is 4.79 Å². The lowest BCUT2D eigenvalue weighted by atomic mass is 9.78. The number of benzene rings is 1. The molecule has 2 saturated carbocycles. The average molecular weight is 551 g/mol. The number of Topliss-reactive ketones (excluding diaryl/α,β-unsaturated/α-hetero) is 1. The minimum Gasteiger partial charge on any atom is -0.449 e. The van der Waals surface area contributed by atoms with Gasteiger partial charge in [-0.1, -0.05) is 43.1 Å². The van der Waals surface area contributed by atoms with Gasteiger partial charge in [-0.3, -0.25) is 14.5 Å². The summed E-state index contributed by atoms with van der Waals surface area (Å²) in [6.07, 6.45) is 4.68. The van der Waals surface area contributed by atoms with Gasteiger partial charge in [0, 0.05) is 38.0 Å². The van der Waals surface area contributed by atoms with Crippen LogP contribution < -0.4 is 5.32 Å². The van der Waals surface area contributed by atoms with Crippen LogP contribution in [0.1, 0.15) is 63.9 Å². The van der Waals surface area contributed by atoms with Crippen LogP contribution in [0.5, 0.6) is 0 Å². The fourth-order valence-corrected chi connectivity index (χ4v) is 6.45. The van der Waals surface area contributed by atoms with Gasteiger partial charge in [0.05, 0.1) is 22.7 Å². The third kappa shape index (κ3) is 4.87. The molecule has 2 aliphatic carbocycles. The molecule has 0 spiro atoms. The summed E-state index contributed by atoms with van der Waals surface area (Å²) in [7, 11) is 1.65. The molecule has 2 saturated heterocycles. The van der Waals surface area contributed by atoms with E-state index in [1.807, 2.05) is 13.0 Å². The first kappa shape index (κ1) is 26.8. The molecule has 2 heterocycles. The van der Waals surface area contributed by atoms with Crippen molar-refractivity contribution in [3.05, 3.63) is 33.8 Å². The number of ketones is 1. The molecule has 5 atom stereocenters. The smallest absolute Gasteiger partial charge is 0.410 e. The topological polar surface area (TPSA) is 79.0 Å². The molecule has 4 aliphatic rings. The van der Waals surface area contributed by atoms with Crippen molar-refractivity contribution >= 4 is 41.0 Å². The normalized spacial score (nSPS) is 32.1. The summed E-state index contributed by atoms with van der Waals surface area (Å²) in [5.74, 6) is 0.492. The van der Waals surface area contributed by atoms with Gasteiger partial charge in [0.25, 0.3) is 5.91 Å². The van der Waals surface area contributed by atoms with Gasteiger partial charge in [-0.05, 0) is 68.1 Å². The minimum absolute atomic E-state index is 0.153. The van der Waals surface area contributed by atoms with Gasteiger partial charge in [-0.25, -0.2) is 4.79 Å². The van der Waals surface area contributed by atoms with Gasteiger partial charge in [-0.2, -0.15) is 0 Å². The Bertz CT molecular complexity index is 1090. The molecule has 37 heavy (non-hydrogen) atoms. The number of carbonyl (C=O) groups is 3. The second kappa shape index (κ2) is 10.0. The van der Waals surface area contributed by atoms with Crippen LogP contribution in [-0.4, -0.2) is 72.5 Å². The first-order valence-electron chi connectivity index (χ1n) is 13.5. The van der Waals surface area contributed by atoms with E-state index in [1.165, 1.54) is 4.90 Å². The number of nitrogens with zero attached hydrogens (tertiary/aromatic N) is 2. The molecule has 202 valence electrons. The average Bonchev–Trinajstić information content (AvgIpc) is 3.77. The highest BCUT2D eigenvalue weighted by molar-refractivity contribution is 6.42. The maximum Gasteiger partial charge on any atom is 0.410 e. The Morgan fingerprint density at radius 3 is 2.57 bits per heavy atom. The molecule has 5 rings (SSSR count). The van der Waals surface area contributed by atoms with Crippen molar-refractivity contribution in [3.8, 4) is 0 Å². The molecule has 2 amide bonds. The Labute approximate surface area is 229 Å². The van der Waals surface area contributed by atoms with Gasteiger partial charge < -0.3 is 15.0 Å². The molecule has 9 heteroatoms. The maximum absolute atomic E-state index is 14.7. The van der Waals surface area contributed by atoms with E-state index in [0.717, 1.165) is 37.7 Å². The number of ether oxygens (including phenoxy) is 1. The summed E-state index contributed by atoms with van der Waals surface area (Å²) in [6.45, 7) is 5.73. The van der Waals surface area contributed by atoms with Crippen molar-refractivity contribution in [1.82, 2.24) is 15.1 Å². The Kier molecular flexibility index (Phi) is 7.27. The largest absolute Gasteiger partial charge is 0.449 e. The van der Waals surface area contributed by atoms with Crippen LogP contribution >= 0.6 is 23.2 Å². The molecule has 4 fully saturated rings. The second-order valence-corrected chi connectivity index (χ2v) is 12.6. The zero-order chi connectivity index (χ0) is 26.5. The maximum atomic E-state index is 14.7. The van der Waals surface area contributed by atoms with E-state index >= 15 is 0 Å². The van der Waals surface area contributed by atoms with Crippen molar-refractivity contribution in [2.45, 2.75) is 69.9 Å². The number of hydrogen-bond donors (Lipinski definition) is 1. The van der Waals surface area contributed by atoms with Gasteiger partial charge in [0.2, 0.25) is 0 Å². The quantitative estimate of drug-likeness (QED) is 0.523. The van der Waals surface area contributed by atoms with Gasteiger partial charge in [-0.15, -0.1) is 0 Å². The van der Waals surface area contributed by atoms with E-state index in [2.05, 4.69) is 12.2 Å². The minimum atomic E-state index is -1.26. The number of likely N-dealkylation sites (tertiary alicyclic amines) is 1. The third-order valence-corrected chi connectivity index (χ3v) is 10.0. The van der Waals surface area contributed by atoms with Crippen LogP contribution in [0.2, 0.25) is 10.0 Å². The molecular formula is C28H37Cl2N3O4. The summed E-state index contributed by atoms with van der Waals surface area (Å²) in [5.41, 5.74) is -0.780. The number of piperidine rings is 1. The molecule has 0 bridgehead atoms. The highest BCUT2D eigenvalue weighted by atomic mass is 35.5. The highest BCUT2D eigenvalue weighted by Gasteiger charge is 2.59. The zero-order valence-corrected chi connectivity index (χ0v) is 23.4. The summed E-state index contributed by atoms with van der Waals surface area (Å²) < 4.78 is 5.71. The van der Waals surface area contributed by atoms with Crippen LogP contribution in [-0.2, 0) is 14.3 Å². The zero-order valence-electron chi connectivity index (χ0n) is 21.9. The van der Waals surface area contributed by atoms with E-state index in [0.29, 0.717) is 48.0 Å². The summed E-state index contributed by atoms with van der Waals surface area (Å²) in [4.78, 5) is 44.9. The van der Waals surface area contributed by atoms with E-state index in [1.54, 1.807) is 24.1 Å². The number of hydrogen-bond acceptors (Lipinski definition) is 5. The van der Waals surface area contributed by atoms with Crippen LogP contribution in [0.3, 0.4) is 0 Å². The first-order valence-corrected chi connectivity index (χ1v) is 14.3. The summed E-state index contributed by atoms with van der Waals surface area (Å²) in [5, 5.41) is 4.19. The second-order valence-electron chi connectivity index (χ2n) is 11.8. The Hall–Kier alpha value is -1.83. The number of amides is 2. The molecule has 0 radical (unpaired) electrons. The molecule has 3 unspecified atom stereocenters. The predicted octanol–water partition coefficient (Wildman–Crippen LogP) is 4.89. The Morgan fingerprint density at radius 1 is 1.19 bits per heavy atom. The first-order chi connectivity index (χ1) is 17.6. The lowest BCUT2D eigenvalue weighted by Gasteiger charge is -2.46. The molecule has 1 N–H and O–H groups in total. The fourth-order valence-electron chi connectivity index (χ4n) is 6.14. The van der Waals surface area contributed by atoms with Gasteiger partial charge in [0.15, 0.2) is 5.78 Å². The van der Waals surface area contributed by atoms with Crippen molar-refractivity contribution in [3.63, 3.8) is 0 Å². The SMILES string of the molecule is CC1CC1COC(=O)N(C)[C@@]1(C(=O)N2CCCCC2C(=O)C2(C)CC2)CNC[C@@H]1c1ccc(Cl)c(Cl)c1. The fraction of sp³-hybridized carbons (Fsp3) is 0.679.